The van der Waals surface area contributed by atoms with Crippen LogP contribution in [0.2, 0.25) is 0 Å². The number of furan rings is 1. The molecule has 1 aliphatic carbocycles. The van der Waals surface area contributed by atoms with Gasteiger partial charge in [-0.15, -0.1) is 0 Å². The van der Waals surface area contributed by atoms with Gasteiger partial charge in [-0.2, -0.15) is 0 Å². The Balaban J connectivity index is 1.49. The molecule has 2 aliphatic rings. The molecule has 1 aromatic rings. The minimum absolute atomic E-state index is 0.744. The molecule has 1 N–H and O–H groups in total. The van der Waals surface area contributed by atoms with Crippen LogP contribution in [0.25, 0.3) is 0 Å². The van der Waals surface area contributed by atoms with Crippen LogP contribution >= 0.6 is 0 Å². The van der Waals surface area contributed by atoms with E-state index in [1.165, 1.54) is 44.3 Å². The number of nitrogens with zero attached hydrogens (tertiary/aromatic N) is 1. The van der Waals surface area contributed by atoms with Crippen molar-refractivity contribution in [2.45, 2.75) is 65.6 Å². The van der Waals surface area contributed by atoms with Gasteiger partial charge in [0.25, 0.3) is 0 Å². The first-order valence-corrected chi connectivity index (χ1v) is 8.65. The molecule has 2 heterocycles. The Labute approximate surface area is 129 Å². The Hall–Kier alpha value is -0.800. The summed E-state index contributed by atoms with van der Waals surface area (Å²) in [5, 5.41) is 3.54. The van der Waals surface area contributed by atoms with Gasteiger partial charge < -0.3 is 9.73 Å². The summed E-state index contributed by atoms with van der Waals surface area (Å²) in [4.78, 5) is 2.55. The van der Waals surface area contributed by atoms with Gasteiger partial charge in [0, 0.05) is 6.04 Å². The van der Waals surface area contributed by atoms with Crippen molar-refractivity contribution in [2.24, 2.45) is 11.8 Å². The lowest BCUT2D eigenvalue weighted by Crippen LogP contribution is -2.34. The predicted octanol–water partition coefficient (Wildman–Crippen LogP) is 3.71. The third kappa shape index (κ3) is 4.10. The van der Waals surface area contributed by atoms with Crippen molar-refractivity contribution in [3.8, 4) is 0 Å². The van der Waals surface area contributed by atoms with Crippen LogP contribution in [0.5, 0.6) is 0 Å². The van der Waals surface area contributed by atoms with Crippen LogP contribution in [0.4, 0.5) is 0 Å². The number of nitrogens with one attached hydrogen (secondary N) is 1. The Morgan fingerprint density at radius 2 is 1.95 bits per heavy atom. The Morgan fingerprint density at radius 1 is 1.24 bits per heavy atom. The van der Waals surface area contributed by atoms with Crippen LogP contribution in [-0.2, 0) is 13.1 Å². The number of hydrogen-bond acceptors (Lipinski definition) is 3. The molecule has 0 amide bonds. The van der Waals surface area contributed by atoms with Crippen molar-refractivity contribution in [1.82, 2.24) is 10.2 Å². The second-order valence-corrected chi connectivity index (χ2v) is 7.33. The number of aryl methyl sites for hydroxylation is 1. The van der Waals surface area contributed by atoms with Gasteiger partial charge >= 0.3 is 0 Å². The summed E-state index contributed by atoms with van der Waals surface area (Å²) in [6.07, 6.45) is 5.34. The van der Waals surface area contributed by atoms with Gasteiger partial charge in [0.2, 0.25) is 0 Å². The summed E-state index contributed by atoms with van der Waals surface area (Å²) in [5.41, 5.74) is 1.30. The first-order valence-electron chi connectivity index (χ1n) is 8.65. The standard InChI is InChI=1S/C18H30N2O/c1-13(2)15-6-8-20(9-7-15)12-17-10-14(3)18(21-17)11-19-16-4-5-16/h10,13,15-16,19H,4-9,11-12H2,1-3H3. The van der Waals surface area contributed by atoms with Gasteiger partial charge in [0.05, 0.1) is 13.1 Å². The fraction of sp³-hybridized carbons (Fsp3) is 0.778. The lowest BCUT2D eigenvalue weighted by molar-refractivity contribution is 0.143. The molecule has 0 atom stereocenters. The van der Waals surface area contributed by atoms with E-state index in [1.807, 2.05) is 0 Å². The van der Waals surface area contributed by atoms with Crippen molar-refractivity contribution in [2.75, 3.05) is 13.1 Å². The average molecular weight is 290 g/mol. The molecule has 118 valence electrons. The monoisotopic (exact) mass is 290 g/mol. The third-order valence-electron chi connectivity index (χ3n) is 5.15. The number of hydrogen-bond donors (Lipinski definition) is 1. The van der Waals surface area contributed by atoms with Crippen molar-refractivity contribution in [1.29, 1.82) is 0 Å². The Bertz CT molecular complexity index is 454. The smallest absolute Gasteiger partial charge is 0.120 e. The predicted molar refractivity (Wildman–Crippen MR) is 86.1 cm³/mol. The molecule has 3 nitrogen and oxygen atoms in total. The molecular weight excluding hydrogens is 260 g/mol. The van der Waals surface area contributed by atoms with Gasteiger partial charge in [-0.3, -0.25) is 4.90 Å². The number of likely N-dealkylation sites (tertiary alicyclic amines) is 1. The highest BCUT2D eigenvalue weighted by atomic mass is 16.3. The summed E-state index contributed by atoms with van der Waals surface area (Å²) in [6.45, 7) is 11.2. The zero-order chi connectivity index (χ0) is 14.8. The third-order valence-corrected chi connectivity index (χ3v) is 5.15. The van der Waals surface area contributed by atoms with Crippen LogP contribution < -0.4 is 5.32 Å². The van der Waals surface area contributed by atoms with E-state index in [0.29, 0.717) is 0 Å². The number of rotatable bonds is 6. The molecule has 1 saturated carbocycles. The quantitative estimate of drug-likeness (QED) is 0.866. The molecule has 3 rings (SSSR count). The molecule has 0 aromatic carbocycles. The van der Waals surface area contributed by atoms with Crippen molar-refractivity contribution in [3.63, 3.8) is 0 Å². The lowest BCUT2D eigenvalue weighted by Gasteiger charge is -2.33. The van der Waals surface area contributed by atoms with Gasteiger partial charge in [-0.1, -0.05) is 13.8 Å². The maximum absolute atomic E-state index is 6.07. The van der Waals surface area contributed by atoms with E-state index in [4.69, 9.17) is 4.42 Å². The zero-order valence-electron chi connectivity index (χ0n) is 13.8. The SMILES string of the molecule is Cc1cc(CN2CCC(C(C)C)CC2)oc1CNC1CC1. The topological polar surface area (TPSA) is 28.4 Å². The van der Waals surface area contributed by atoms with E-state index >= 15 is 0 Å². The van der Waals surface area contributed by atoms with Gasteiger partial charge in [-0.05, 0) is 69.2 Å². The first-order chi connectivity index (χ1) is 10.1. The minimum atomic E-state index is 0.744. The van der Waals surface area contributed by atoms with Crippen molar-refractivity contribution >= 4 is 0 Å². The largest absolute Gasteiger partial charge is 0.463 e. The fourth-order valence-corrected chi connectivity index (χ4v) is 3.37. The Kier molecular flexibility index (Phi) is 4.70. The Morgan fingerprint density at radius 3 is 2.57 bits per heavy atom. The van der Waals surface area contributed by atoms with Crippen LogP contribution in [0.15, 0.2) is 10.5 Å². The van der Waals surface area contributed by atoms with E-state index in [9.17, 15) is 0 Å². The summed E-state index contributed by atoms with van der Waals surface area (Å²) in [6, 6.07) is 2.98. The minimum Gasteiger partial charge on any atom is -0.463 e. The molecule has 3 heteroatoms. The molecule has 2 fully saturated rings. The highest BCUT2D eigenvalue weighted by molar-refractivity contribution is 5.20. The summed E-state index contributed by atoms with van der Waals surface area (Å²) in [7, 11) is 0. The molecule has 1 saturated heterocycles. The van der Waals surface area contributed by atoms with E-state index in [2.05, 4.69) is 37.1 Å². The van der Waals surface area contributed by atoms with Crippen molar-refractivity contribution < 1.29 is 4.42 Å². The van der Waals surface area contributed by atoms with Crippen LogP contribution in [0.3, 0.4) is 0 Å². The van der Waals surface area contributed by atoms with E-state index in [0.717, 1.165) is 42.5 Å². The average Bonchev–Trinajstić information content (AvgIpc) is 3.22. The maximum Gasteiger partial charge on any atom is 0.120 e. The summed E-state index contributed by atoms with van der Waals surface area (Å²) in [5.74, 6) is 4.02. The van der Waals surface area contributed by atoms with E-state index in [-0.39, 0.29) is 0 Å². The lowest BCUT2D eigenvalue weighted by atomic mass is 9.87. The highest BCUT2D eigenvalue weighted by Crippen LogP contribution is 2.26. The van der Waals surface area contributed by atoms with Gasteiger partial charge in [-0.25, -0.2) is 0 Å². The molecule has 0 bridgehead atoms. The van der Waals surface area contributed by atoms with Crippen molar-refractivity contribution in [3.05, 3.63) is 23.2 Å². The van der Waals surface area contributed by atoms with E-state index < -0.39 is 0 Å². The summed E-state index contributed by atoms with van der Waals surface area (Å²) < 4.78 is 6.07. The molecule has 21 heavy (non-hydrogen) atoms. The van der Waals surface area contributed by atoms with Gasteiger partial charge in [0.15, 0.2) is 0 Å². The molecule has 0 unspecified atom stereocenters. The maximum atomic E-state index is 6.07. The molecule has 0 radical (unpaired) electrons. The molecule has 1 aromatic heterocycles. The first kappa shape index (κ1) is 15.1. The second-order valence-electron chi connectivity index (χ2n) is 7.33. The fourth-order valence-electron chi connectivity index (χ4n) is 3.37. The normalized spacial score (nSPS) is 21.3. The van der Waals surface area contributed by atoms with Gasteiger partial charge in [0.1, 0.15) is 11.5 Å². The number of piperidine rings is 1. The molecule has 1 aliphatic heterocycles. The van der Waals surface area contributed by atoms with Crippen LogP contribution in [-0.4, -0.2) is 24.0 Å². The molecule has 0 spiro atoms. The highest BCUT2D eigenvalue weighted by Gasteiger charge is 2.23. The zero-order valence-corrected chi connectivity index (χ0v) is 13.8. The van der Waals surface area contributed by atoms with Crippen LogP contribution in [0.1, 0.15) is 56.6 Å². The van der Waals surface area contributed by atoms with E-state index in [1.54, 1.807) is 0 Å². The van der Waals surface area contributed by atoms with Crippen LogP contribution in [0, 0.1) is 18.8 Å². The summed E-state index contributed by atoms with van der Waals surface area (Å²) >= 11 is 0. The second kappa shape index (κ2) is 6.53. The molecular formula is C18H30N2O.